The summed E-state index contributed by atoms with van der Waals surface area (Å²) in [5.41, 5.74) is 0.779. The summed E-state index contributed by atoms with van der Waals surface area (Å²) >= 11 is 6.32. The van der Waals surface area contributed by atoms with Gasteiger partial charge in [0.05, 0.1) is 10.7 Å². The van der Waals surface area contributed by atoms with Gasteiger partial charge in [-0.3, -0.25) is 4.79 Å². The molecule has 2 heterocycles. The topological polar surface area (TPSA) is 63.1 Å². The molecule has 1 N–H and O–H groups in total. The molecule has 1 aromatic carbocycles. The Balaban J connectivity index is 1.71. The van der Waals surface area contributed by atoms with Crippen LogP contribution in [0.3, 0.4) is 0 Å². The standard InChI is InChI=1S/C17H20ClN5O/c1-11-10-19-8-9-22(11)17(24)15-20-16(12-6-7-12)23(21-15)14-5-3-2-4-13(14)18/h2-5,11-12,19H,6-10H2,1H3/t11-/m1/s1. The van der Waals surface area contributed by atoms with E-state index in [1.54, 1.807) is 4.68 Å². The Morgan fingerprint density at radius 3 is 2.83 bits per heavy atom. The molecule has 2 aliphatic rings. The molecule has 1 aliphatic carbocycles. The number of carbonyl (C=O) groups excluding carboxylic acids is 1. The Labute approximate surface area is 145 Å². The van der Waals surface area contributed by atoms with Gasteiger partial charge in [0, 0.05) is 31.6 Å². The molecule has 1 aromatic heterocycles. The maximum atomic E-state index is 12.9. The molecule has 2 aromatic rings. The molecule has 7 heteroatoms. The van der Waals surface area contributed by atoms with E-state index in [1.807, 2.05) is 36.1 Å². The van der Waals surface area contributed by atoms with Gasteiger partial charge in [-0.1, -0.05) is 23.7 Å². The average molecular weight is 346 g/mol. The van der Waals surface area contributed by atoms with Gasteiger partial charge in [-0.05, 0) is 31.9 Å². The lowest BCUT2D eigenvalue weighted by Gasteiger charge is -2.33. The zero-order chi connectivity index (χ0) is 16.7. The van der Waals surface area contributed by atoms with E-state index in [1.165, 1.54) is 0 Å². The zero-order valence-electron chi connectivity index (χ0n) is 13.6. The van der Waals surface area contributed by atoms with Gasteiger partial charge in [-0.2, -0.15) is 0 Å². The minimum atomic E-state index is -0.100. The monoisotopic (exact) mass is 345 g/mol. The minimum Gasteiger partial charge on any atom is -0.331 e. The molecule has 6 nitrogen and oxygen atoms in total. The number of hydrogen-bond donors (Lipinski definition) is 1. The highest BCUT2D eigenvalue weighted by Crippen LogP contribution is 2.40. The van der Waals surface area contributed by atoms with E-state index in [9.17, 15) is 4.79 Å². The number of amides is 1. The van der Waals surface area contributed by atoms with Crippen LogP contribution in [0.1, 0.15) is 42.1 Å². The van der Waals surface area contributed by atoms with Crippen molar-refractivity contribution in [3.8, 4) is 5.69 Å². The van der Waals surface area contributed by atoms with Crippen molar-refractivity contribution >= 4 is 17.5 Å². The van der Waals surface area contributed by atoms with Crippen molar-refractivity contribution in [2.75, 3.05) is 19.6 Å². The fourth-order valence-electron chi connectivity index (χ4n) is 3.09. The molecule has 0 unspecified atom stereocenters. The van der Waals surface area contributed by atoms with Crippen molar-refractivity contribution in [3.63, 3.8) is 0 Å². The number of nitrogens with one attached hydrogen (secondary N) is 1. The van der Waals surface area contributed by atoms with Gasteiger partial charge in [0.15, 0.2) is 0 Å². The van der Waals surface area contributed by atoms with E-state index in [0.717, 1.165) is 37.4 Å². The third-order valence-electron chi connectivity index (χ3n) is 4.61. The van der Waals surface area contributed by atoms with Gasteiger partial charge in [0.25, 0.3) is 5.91 Å². The number of piperazine rings is 1. The van der Waals surface area contributed by atoms with Crippen LogP contribution in [0.4, 0.5) is 0 Å². The molecule has 1 saturated heterocycles. The van der Waals surface area contributed by atoms with Crippen LogP contribution in [-0.4, -0.2) is 51.2 Å². The van der Waals surface area contributed by atoms with Crippen molar-refractivity contribution in [2.45, 2.75) is 31.7 Å². The van der Waals surface area contributed by atoms with Gasteiger partial charge < -0.3 is 10.2 Å². The Bertz CT molecular complexity index is 770. The van der Waals surface area contributed by atoms with E-state index in [2.05, 4.69) is 15.4 Å². The predicted molar refractivity (Wildman–Crippen MR) is 91.7 cm³/mol. The maximum Gasteiger partial charge on any atom is 0.293 e. The van der Waals surface area contributed by atoms with Crippen LogP contribution in [0.2, 0.25) is 5.02 Å². The number of carbonyl (C=O) groups is 1. The average Bonchev–Trinajstić information content (AvgIpc) is 3.34. The van der Waals surface area contributed by atoms with E-state index < -0.39 is 0 Å². The molecule has 0 spiro atoms. The largest absolute Gasteiger partial charge is 0.331 e. The molecule has 4 rings (SSSR count). The third-order valence-corrected chi connectivity index (χ3v) is 4.93. The smallest absolute Gasteiger partial charge is 0.293 e. The van der Waals surface area contributed by atoms with Crippen molar-refractivity contribution in [1.29, 1.82) is 0 Å². The number of benzene rings is 1. The fraction of sp³-hybridized carbons (Fsp3) is 0.471. The van der Waals surface area contributed by atoms with E-state index in [0.29, 0.717) is 17.5 Å². The number of aromatic nitrogens is 3. The molecule has 0 bridgehead atoms. The Hall–Kier alpha value is -1.92. The highest BCUT2D eigenvalue weighted by atomic mass is 35.5. The van der Waals surface area contributed by atoms with Gasteiger partial charge in [0.2, 0.25) is 5.82 Å². The number of hydrogen-bond acceptors (Lipinski definition) is 4. The van der Waals surface area contributed by atoms with Crippen LogP contribution < -0.4 is 5.32 Å². The van der Waals surface area contributed by atoms with Gasteiger partial charge in [-0.25, -0.2) is 9.67 Å². The molecule has 126 valence electrons. The number of nitrogens with zero attached hydrogens (tertiary/aromatic N) is 4. The maximum absolute atomic E-state index is 12.9. The van der Waals surface area contributed by atoms with Crippen LogP contribution >= 0.6 is 11.6 Å². The molecule has 1 saturated carbocycles. The number of rotatable bonds is 3. The highest BCUT2D eigenvalue weighted by Gasteiger charge is 2.34. The number of halogens is 1. The summed E-state index contributed by atoms with van der Waals surface area (Å²) in [6.07, 6.45) is 2.17. The van der Waals surface area contributed by atoms with Crippen molar-refractivity contribution in [2.24, 2.45) is 0 Å². The summed E-state index contributed by atoms with van der Waals surface area (Å²) in [6, 6.07) is 7.68. The van der Waals surface area contributed by atoms with Gasteiger partial charge in [0.1, 0.15) is 5.82 Å². The lowest BCUT2D eigenvalue weighted by molar-refractivity contribution is 0.0643. The molecule has 1 aliphatic heterocycles. The van der Waals surface area contributed by atoms with Crippen LogP contribution in [0, 0.1) is 0 Å². The van der Waals surface area contributed by atoms with E-state index in [-0.39, 0.29) is 17.8 Å². The SMILES string of the molecule is C[C@@H]1CNCCN1C(=O)c1nc(C2CC2)n(-c2ccccc2Cl)n1. The van der Waals surface area contributed by atoms with Crippen LogP contribution in [0.15, 0.2) is 24.3 Å². The first kappa shape index (κ1) is 15.6. The third kappa shape index (κ3) is 2.80. The van der Waals surface area contributed by atoms with E-state index >= 15 is 0 Å². The predicted octanol–water partition coefficient (Wildman–Crippen LogP) is 2.23. The second-order valence-corrected chi connectivity index (χ2v) is 6.89. The van der Waals surface area contributed by atoms with E-state index in [4.69, 9.17) is 11.6 Å². The van der Waals surface area contributed by atoms with Gasteiger partial charge >= 0.3 is 0 Å². The summed E-state index contributed by atoms with van der Waals surface area (Å²) in [6.45, 7) is 4.32. The first-order valence-electron chi connectivity index (χ1n) is 8.38. The molecule has 2 fully saturated rings. The van der Waals surface area contributed by atoms with Crippen molar-refractivity contribution < 1.29 is 4.79 Å². The van der Waals surface area contributed by atoms with Crippen LogP contribution in [0.25, 0.3) is 5.69 Å². The fourth-order valence-corrected chi connectivity index (χ4v) is 3.31. The van der Waals surface area contributed by atoms with Crippen molar-refractivity contribution in [1.82, 2.24) is 25.0 Å². The lowest BCUT2D eigenvalue weighted by atomic mass is 10.2. The normalized spacial score (nSPS) is 21.1. The Morgan fingerprint density at radius 2 is 2.12 bits per heavy atom. The van der Waals surface area contributed by atoms with Crippen LogP contribution in [-0.2, 0) is 0 Å². The second-order valence-electron chi connectivity index (χ2n) is 6.48. The molecule has 24 heavy (non-hydrogen) atoms. The highest BCUT2D eigenvalue weighted by molar-refractivity contribution is 6.32. The second kappa shape index (κ2) is 6.18. The summed E-state index contributed by atoms with van der Waals surface area (Å²) < 4.78 is 1.75. The number of para-hydroxylation sites is 1. The molecular formula is C17H20ClN5O. The lowest BCUT2D eigenvalue weighted by Crippen LogP contribution is -2.52. The molecule has 1 amide bonds. The van der Waals surface area contributed by atoms with Crippen molar-refractivity contribution in [3.05, 3.63) is 40.9 Å². The van der Waals surface area contributed by atoms with Crippen LogP contribution in [0.5, 0.6) is 0 Å². The summed E-state index contributed by atoms with van der Waals surface area (Å²) in [7, 11) is 0. The minimum absolute atomic E-state index is 0.100. The molecular weight excluding hydrogens is 326 g/mol. The quantitative estimate of drug-likeness (QED) is 0.926. The Kier molecular flexibility index (Phi) is 4.02. The summed E-state index contributed by atoms with van der Waals surface area (Å²) in [5.74, 6) is 1.38. The molecule has 0 radical (unpaired) electrons. The molecule has 1 atom stereocenters. The zero-order valence-corrected chi connectivity index (χ0v) is 14.3. The summed E-state index contributed by atoms with van der Waals surface area (Å²) in [4.78, 5) is 19.3. The Morgan fingerprint density at radius 1 is 1.33 bits per heavy atom. The first-order valence-corrected chi connectivity index (χ1v) is 8.76. The first-order chi connectivity index (χ1) is 11.6. The summed E-state index contributed by atoms with van der Waals surface area (Å²) in [5, 5.41) is 8.42. The van der Waals surface area contributed by atoms with Gasteiger partial charge in [-0.15, -0.1) is 5.10 Å².